The minimum atomic E-state index is -0.676. The number of carboxylic acid groups (broad SMARTS) is 1. The molecular weight excluding hydrogens is 296 g/mol. The van der Waals surface area contributed by atoms with Crippen molar-refractivity contribution in [1.82, 2.24) is 0 Å². The van der Waals surface area contributed by atoms with Crippen molar-refractivity contribution in [2.75, 3.05) is 18.1 Å². The van der Waals surface area contributed by atoms with Crippen LogP contribution in [0.2, 0.25) is 0 Å². The van der Waals surface area contributed by atoms with Crippen molar-refractivity contribution in [3.05, 3.63) is 30.3 Å². The fourth-order valence-corrected chi connectivity index (χ4v) is 4.45. The number of para-hydroxylation sites is 1. The molecule has 0 unspecified atom stereocenters. The van der Waals surface area contributed by atoms with Crippen LogP contribution >= 0.6 is 11.8 Å². The quantitative estimate of drug-likeness (QED) is 0.646. The van der Waals surface area contributed by atoms with Crippen molar-refractivity contribution in [2.45, 2.75) is 38.5 Å². The minimum absolute atomic E-state index is 0.312. The van der Waals surface area contributed by atoms with Crippen molar-refractivity contribution in [1.29, 1.82) is 0 Å². The molecule has 2 atom stereocenters. The number of aliphatic carboxylic acids is 1. The van der Waals surface area contributed by atoms with Crippen LogP contribution in [0.5, 0.6) is 5.75 Å². The maximum Gasteiger partial charge on any atom is 0.303 e. The summed E-state index contributed by atoms with van der Waals surface area (Å²) in [5.41, 5.74) is 0. The molecule has 4 heteroatoms. The predicted octanol–water partition coefficient (Wildman–Crippen LogP) is 4.47. The molecule has 0 aliphatic carbocycles. The van der Waals surface area contributed by atoms with Crippen LogP contribution in [-0.4, -0.2) is 29.2 Å². The molecule has 1 aromatic carbocycles. The van der Waals surface area contributed by atoms with E-state index in [0.717, 1.165) is 37.5 Å². The molecule has 122 valence electrons. The zero-order valence-electron chi connectivity index (χ0n) is 13.1. The number of hydrogen-bond donors (Lipinski definition) is 1. The topological polar surface area (TPSA) is 46.5 Å². The number of ether oxygens (including phenoxy) is 1. The van der Waals surface area contributed by atoms with Crippen LogP contribution in [0.4, 0.5) is 0 Å². The average molecular weight is 322 g/mol. The molecule has 1 saturated heterocycles. The Morgan fingerprint density at radius 3 is 2.59 bits per heavy atom. The first-order valence-electron chi connectivity index (χ1n) is 8.23. The van der Waals surface area contributed by atoms with Crippen LogP contribution in [0.3, 0.4) is 0 Å². The highest BCUT2D eigenvalue weighted by molar-refractivity contribution is 7.99. The van der Waals surface area contributed by atoms with Crippen molar-refractivity contribution < 1.29 is 14.6 Å². The van der Waals surface area contributed by atoms with E-state index in [1.165, 1.54) is 24.3 Å². The van der Waals surface area contributed by atoms with Gasteiger partial charge < -0.3 is 9.84 Å². The Bertz CT molecular complexity index is 435. The van der Waals surface area contributed by atoms with E-state index in [4.69, 9.17) is 9.84 Å². The van der Waals surface area contributed by atoms with Crippen molar-refractivity contribution in [3.8, 4) is 5.75 Å². The highest BCUT2D eigenvalue weighted by atomic mass is 32.2. The second-order valence-corrected chi connectivity index (χ2v) is 7.10. The van der Waals surface area contributed by atoms with Crippen LogP contribution in [0.25, 0.3) is 0 Å². The zero-order chi connectivity index (χ0) is 15.6. The smallest absolute Gasteiger partial charge is 0.303 e. The van der Waals surface area contributed by atoms with Crippen molar-refractivity contribution >= 4 is 17.7 Å². The van der Waals surface area contributed by atoms with Gasteiger partial charge in [-0.2, -0.15) is 11.8 Å². The Morgan fingerprint density at radius 1 is 1.09 bits per heavy atom. The molecule has 0 spiro atoms. The second kappa shape index (κ2) is 9.78. The van der Waals surface area contributed by atoms with E-state index in [-0.39, 0.29) is 0 Å². The molecule has 0 radical (unpaired) electrons. The third-order valence-corrected chi connectivity index (χ3v) is 5.58. The predicted molar refractivity (Wildman–Crippen MR) is 91.6 cm³/mol. The molecule has 2 rings (SSSR count). The summed E-state index contributed by atoms with van der Waals surface area (Å²) < 4.78 is 5.91. The second-order valence-electron chi connectivity index (χ2n) is 6.03. The van der Waals surface area contributed by atoms with Crippen LogP contribution in [0, 0.1) is 11.8 Å². The summed E-state index contributed by atoms with van der Waals surface area (Å²) in [6.07, 6.45) is 5.79. The molecule has 0 aromatic heterocycles. The lowest BCUT2D eigenvalue weighted by atomic mass is 9.91. The van der Waals surface area contributed by atoms with Gasteiger partial charge in [0.25, 0.3) is 0 Å². The van der Waals surface area contributed by atoms with E-state index in [1.807, 2.05) is 42.1 Å². The van der Waals surface area contributed by atoms with Gasteiger partial charge in [0.2, 0.25) is 0 Å². The van der Waals surface area contributed by atoms with Crippen molar-refractivity contribution in [2.24, 2.45) is 11.8 Å². The molecule has 1 fully saturated rings. The monoisotopic (exact) mass is 322 g/mol. The van der Waals surface area contributed by atoms with Gasteiger partial charge in [0.05, 0.1) is 6.61 Å². The summed E-state index contributed by atoms with van der Waals surface area (Å²) in [6, 6.07) is 10.0. The number of rotatable bonds is 10. The maximum atomic E-state index is 10.5. The molecule has 0 saturated carbocycles. The van der Waals surface area contributed by atoms with Gasteiger partial charge in [-0.3, -0.25) is 4.79 Å². The van der Waals surface area contributed by atoms with Crippen LogP contribution in [-0.2, 0) is 4.79 Å². The highest BCUT2D eigenvalue weighted by Crippen LogP contribution is 2.34. The maximum absolute atomic E-state index is 10.5. The lowest BCUT2D eigenvalue weighted by Crippen LogP contribution is -2.20. The van der Waals surface area contributed by atoms with E-state index in [1.54, 1.807) is 0 Å². The first-order valence-corrected chi connectivity index (χ1v) is 9.38. The fourth-order valence-electron chi connectivity index (χ4n) is 2.90. The molecule has 0 bridgehead atoms. The molecule has 22 heavy (non-hydrogen) atoms. The number of thioether (sulfide) groups is 1. The summed E-state index contributed by atoms with van der Waals surface area (Å²) in [7, 11) is 0. The third-order valence-electron chi connectivity index (χ3n) is 4.25. The number of carbonyl (C=O) groups is 1. The van der Waals surface area contributed by atoms with Crippen molar-refractivity contribution in [3.63, 3.8) is 0 Å². The van der Waals surface area contributed by atoms with Gasteiger partial charge in [0.1, 0.15) is 5.75 Å². The third kappa shape index (κ3) is 6.30. The van der Waals surface area contributed by atoms with Gasteiger partial charge >= 0.3 is 5.97 Å². The van der Waals surface area contributed by atoms with Crippen LogP contribution in [0.1, 0.15) is 38.5 Å². The molecule has 1 N–H and O–H groups in total. The summed E-state index contributed by atoms with van der Waals surface area (Å²) in [5, 5.41) is 8.61. The lowest BCUT2D eigenvalue weighted by molar-refractivity contribution is -0.137. The molecule has 1 aromatic rings. The summed E-state index contributed by atoms with van der Waals surface area (Å²) >= 11 is 2.04. The van der Waals surface area contributed by atoms with E-state index in [0.29, 0.717) is 12.3 Å². The van der Waals surface area contributed by atoms with Gasteiger partial charge in [-0.25, -0.2) is 0 Å². The SMILES string of the molecule is O=C(O)CCCCCC[C@H]1CSC[C@H]1COc1ccccc1. The highest BCUT2D eigenvalue weighted by Gasteiger charge is 2.27. The number of carboxylic acids is 1. The Labute approximate surface area is 137 Å². The largest absolute Gasteiger partial charge is 0.493 e. The van der Waals surface area contributed by atoms with Gasteiger partial charge in [0, 0.05) is 12.3 Å². The van der Waals surface area contributed by atoms with E-state index in [9.17, 15) is 4.79 Å². The Balaban J connectivity index is 1.60. The Hall–Kier alpha value is -1.16. The molecule has 1 aliphatic rings. The van der Waals surface area contributed by atoms with Gasteiger partial charge in [-0.1, -0.05) is 37.5 Å². The van der Waals surface area contributed by atoms with Gasteiger partial charge in [-0.15, -0.1) is 0 Å². The molecule has 1 aliphatic heterocycles. The number of unbranched alkanes of at least 4 members (excludes halogenated alkanes) is 3. The normalized spacial score (nSPS) is 20.9. The standard InChI is InChI=1S/C18H26O3S/c19-18(20)11-7-2-1-4-8-15-13-22-14-16(15)12-21-17-9-5-3-6-10-17/h3,5-6,9-10,15-16H,1-2,4,7-8,11-14H2,(H,19,20)/t15-,16+/m0/s1. The Kier molecular flexibility index (Phi) is 7.64. The molecular formula is C18H26O3S. The zero-order valence-corrected chi connectivity index (χ0v) is 13.9. The average Bonchev–Trinajstić information content (AvgIpc) is 2.97. The fraction of sp³-hybridized carbons (Fsp3) is 0.611. The Morgan fingerprint density at radius 2 is 1.82 bits per heavy atom. The van der Waals surface area contributed by atoms with E-state index >= 15 is 0 Å². The van der Waals surface area contributed by atoms with Gasteiger partial charge in [-0.05, 0) is 42.4 Å². The lowest BCUT2D eigenvalue weighted by Gasteiger charge is -2.19. The first kappa shape index (κ1) is 17.2. The molecule has 3 nitrogen and oxygen atoms in total. The first-order chi connectivity index (χ1) is 10.8. The summed E-state index contributed by atoms with van der Waals surface area (Å²) in [6.45, 7) is 0.820. The number of benzene rings is 1. The summed E-state index contributed by atoms with van der Waals surface area (Å²) in [5.74, 6) is 4.16. The van der Waals surface area contributed by atoms with Crippen LogP contribution < -0.4 is 4.74 Å². The summed E-state index contributed by atoms with van der Waals surface area (Å²) in [4.78, 5) is 10.5. The van der Waals surface area contributed by atoms with E-state index < -0.39 is 5.97 Å². The minimum Gasteiger partial charge on any atom is -0.493 e. The number of hydrogen-bond acceptors (Lipinski definition) is 3. The van der Waals surface area contributed by atoms with E-state index in [2.05, 4.69) is 0 Å². The molecule has 1 heterocycles. The van der Waals surface area contributed by atoms with Gasteiger partial charge in [0.15, 0.2) is 0 Å². The van der Waals surface area contributed by atoms with Crippen LogP contribution in [0.15, 0.2) is 30.3 Å². The molecule has 0 amide bonds.